The minimum atomic E-state index is -3.17. The first-order valence-corrected chi connectivity index (χ1v) is 9.16. The van der Waals surface area contributed by atoms with Gasteiger partial charge in [0.15, 0.2) is 5.76 Å². The van der Waals surface area contributed by atoms with Crippen LogP contribution in [0.4, 0.5) is 0 Å². The highest BCUT2D eigenvalue weighted by Crippen LogP contribution is 2.36. The Kier molecular flexibility index (Phi) is 3.29. The van der Waals surface area contributed by atoms with Gasteiger partial charge in [0.2, 0.25) is 10.0 Å². The van der Waals surface area contributed by atoms with Crippen molar-refractivity contribution < 1.29 is 12.9 Å². The fourth-order valence-electron chi connectivity index (χ4n) is 2.81. The maximum absolute atomic E-state index is 12.4. The molecule has 116 valence electrons. The highest BCUT2D eigenvalue weighted by molar-refractivity contribution is 7.90. The second-order valence-corrected chi connectivity index (χ2v) is 8.42. The lowest BCUT2D eigenvalue weighted by molar-refractivity contribution is 0.385. The number of nitrogens with zero attached hydrogens (tertiary/aromatic N) is 2. The van der Waals surface area contributed by atoms with Crippen molar-refractivity contribution in [2.75, 3.05) is 6.54 Å². The van der Waals surface area contributed by atoms with Crippen molar-refractivity contribution in [2.45, 2.75) is 31.1 Å². The molecule has 2 heterocycles. The monoisotopic (exact) mass is 338 g/mol. The molecule has 0 amide bonds. The molecule has 0 spiro atoms. The number of halogens is 1. The predicted octanol–water partition coefficient (Wildman–Crippen LogP) is 2.85. The van der Waals surface area contributed by atoms with Crippen molar-refractivity contribution >= 4 is 21.6 Å². The van der Waals surface area contributed by atoms with E-state index in [2.05, 4.69) is 5.16 Å². The van der Waals surface area contributed by atoms with E-state index in [1.807, 2.05) is 12.1 Å². The Balaban J connectivity index is 1.69. The van der Waals surface area contributed by atoms with Crippen LogP contribution in [0.3, 0.4) is 0 Å². The van der Waals surface area contributed by atoms with E-state index in [1.54, 1.807) is 16.4 Å². The van der Waals surface area contributed by atoms with Crippen LogP contribution in [0.15, 0.2) is 28.8 Å². The lowest BCUT2D eigenvalue weighted by Crippen LogP contribution is -2.37. The van der Waals surface area contributed by atoms with Gasteiger partial charge in [0.1, 0.15) is 0 Å². The predicted molar refractivity (Wildman–Crippen MR) is 83.0 cm³/mol. The van der Waals surface area contributed by atoms with Crippen LogP contribution in [0.5, 0.6) is 0 Å². The van der Waals surface area contributed by atoms with Crippen LogP contribution in [0.1, 0.15) is 24.1 Å². The van der Waals surface area contributed by atoms with Crippen LogP contribution in [0.25, 0.3) is 11.3 Å². The lowest BCUT2D eigenvalue weighted by Gasteiger charge is -2.25. The summed E-state index contributed by atoms with van der Waals surface area (Å²) in [6.45, 7) is 0.827. The second kappa shape index (κ2) is 5.08. The third-order valence-corrected chi connectivity index (χ3v) is 6.81. The van der Waals surface area contributed by atoms with E-state index < -0.39 is 10.0 Å². The maximum Gasteiger partial charge on any atom is 0.217 e. The maximum atomic E-state index is 12.4. The topological polar surface area (TPSA) is 63.4 Å². The smallest absolute Gasteiger partial charge is 0.217 e. The molecule has 0 bridgehead atoms. The van der Waals surface area contributed by atoms with Crippen molar-refractivity contribution in [3.8, 4) is 11.3 Å². The van der Waals surface area contributed by atoms with Gasteiger partial charge >= 0.3 is 0 Å². The van der Waals surface area contributed by atoms with Gasteiger partial charge in [-0.1, -0.05) is 16.8 Å². The zero-order valence-corrected chi connectivity index (χ0v) is 13.4. The summed E-state index contributed by atoms with van der Waals surface area (Å²) in [7, 11) is -3.17. The first-order chi connectivity index (χ1) is 10.6. The molecular weight excluding hydrogens is 324 g/mol. The van der Waals surface area contributed by atoms with E-state index in [0.29, 0.717) is 30.3 Å². The summed E-state index contributed by atoms with van der Waals surface area (Å²) < 4.78 is 31.9. The Labute approximate surface area is 133 Å². The van der Waals surface area contributed by atoms with Crippen LogP contribution in [0, 0.1) is 0 Å². The number of hydrogen-bond donors (Lipinski definition) is 0. The zero-order valence-electron chi connectivity index (χ0n) is 11.8. The van der Waals surface area contributed by atoms with Crippen molar-refractivity contribution in [1.82, 2.24) is 9.46 Å². The van der Waals surface area contributed by atoms with Crippen LogP contribution in [-0.4, -0.2) is 29.7 Å². The summed E-state index contributed by atoms with van der Waals surface area (Å²) in [5.74, 6) is 0.641. The molecule has 0 unspecified atom stereocenters. The molecule has 0 N–H and O–H groups in total. The number of fused-ring (bicyclic) bond motifs is 1. The molecule has 2 aromatic rings. The second-order valence-electron chi connectivity index (χ2n) is 5.77. The minimum Gasteiger partial charge on any atom is -0.356 e. The van der Waals surface area contributed by atoms with Gasteiger partial charge < -0.3 is 4.52 Å². The minimum absolute atomic E-state index is 0.187. The number of benzene rings is 1. The summed E-state index contributed by atoms with van der Waals surface area (Å²) in [6.07, 6.45) is 2.15. The van der Waals surface area contributed by atoms with Crippen molar-refractivity contribution in [1.29, 1.82) is 0 Å². The molecule has 4 rings (SSSR count). The standard InChI is InChI=1S/C15H15ClN2O3S/c16-11-3-1-10(2-4-11)15-13-9-18(8-7-14(13)17-21-15)22(19,20)12-5-6-12/h1-4,12H,5-9H2. The van der Waals surface area contributed by atoms with Gasteiger partial charge in [-0.25, -0.2) is 8.42 Å². The molecule has 7 heteroatoms. The van der Waals surface area contributed by atoms with Crippen LogP contribution >= 0.6 is 11.6 Å². The van der Waals surface area contributed by atoms with Crippen molar-refractivity contribution in [2.24, 2.45) is 0 Å². The van der Waals surface area contributed by atoms with E-state index in [0.717, 1.165) is 29.7 Å². The Hall–Kier alpha value is -1.37. The molecule has 1 aromatic heterocycles. The summed E-state index contributed by atoms with van der Waals surface area (Å²) in [5, 5.41) is 4.56. The Morgan fingerprint density at radius 1 is 1.23 bits per heavy atom. The molecule has 22 heavy (non-hydrogen) atoms. The van der Waals surface area contributed by atoms with Gasteiger partial charge in [-0.15, -0.1) is 0 Å². The summed E-state index contributed by atoms with van der Waals surface area (Å²) >= 11 is 5.91. The summed E-state index contributed by atoms with van der Waals surface area (Å²) in [4.78, 5) is 0. The lowest BCUT2D eigenvalue weighted by atomic mass is 10.0. The number of rotatable bonds is 3. The van der Waals surface area contributed by atoms with Crippen LogP contribution in [0.2, 0.25) is 5.02 Å². The Bertz CT molecular complexity index is 810. The molecular formula is C15H15ClN2O3S. The first-order valence-electron chi connectivity index (χ1n) is 7.28. The number of hydrogen-bond acceptors (Lipinski definition) is 4. The molecule has 0 saturated heterocycles. The number of aromatic nitrogens is 1. The molecule has 0 radical (unpaired) electrons. The van der Waals surface area contributed by atoms with Crippen LogP contribution < -0.4 is 0 Å². The summed E-state index contributed by atoms with van der Waals surface area (Å²) in [5.41, 5.74) is 2.59. The first kappa shape index (κ1) is 14.2. The highest BCUT2D eigenvalue weighted by atomic mass is 35.5. The van der Waals surface area contributed by atoms with E-state index in [-0.39, 0.29) is 5.25 Å². The number of sulfonamides is 1. The molecule has 1 saturated carbocycles. The summed E-state index contributed by atoms with van der Waals surface area (Å²) in [6, 6.07) is 7.29. The molecule has 5 nitrogen and oxygen atoms in total. The largest absolute Gasteiger partial charge is 0.356 e. The molecule has 1 aliphatic heterocycles. The SMILES string of the molecule is O=S(=O)(C1CC1)N1CCc2noc(-c3ccc(Cl)cc3)c2C1. The van der Waals surface area contributed by atoms with Crippen molar-refractivity contribution in [3.05, 3.63) is 40.5 Å². The van der Waals surface area contributed by atoms with Gasteiger partial charge in [-0.05, 0) is 37.1 Å². The van der Waals surface area contributed by atoms with E-state index in [1.165, 1.54) is 0 Å². The Morgan fingerprint density at radius 3 is 2.64 bits per heavy atom. The molecule has 1 fully saturated rings. The van der Waals surface area contributed by atoms with Crippen molar-refractivity contribution in [3.63, 3.8) is 0 Å². The molecule has 1 aromatic carbocycles. The quantitative estimate of drug-likeness (QED) is 0.863. The van der Waals surface area contributed by atoms with Gasteiger partial charge in [0.05, 0.1) is 10.9 Å². The highest BCUT2D eigenvalue weighted by Gasteiger charge is 2.42. The third-order valence-electron chi connectivity index (χ3n) is 4.21. The molecule has 0 atom stereocenters. The third kappa shape index (κ3) is 2.35. The normalized spacial score (nSPS) is 19.1. The van der Waals surface area contributed by atoms with Gasteiger partial charge in [-0.2, -0.15) is 4.31 Å². The average molecular weight is 339 g/mol. The zero-order chi connectivity index (χ0) is 15.3. The molecule has 2 aliphatic rings. The Morgan fingerprint density at radius 2 is 1.95 bits per heavy atom. The van der Waals surface area contributed by atoms with Gasteiger partial charge in [0.25, 0.3) is 0 Å². The fourth-order valence-corrected chi connectivity index (χ4v) is 4.74. The van der Waals surface area contributed by atoms with E-state index in [9.17, 15) is 8.42 Å². The fraction of sp³-hybridized carbons (Fsp3) is 0.400. The molecule has 1 aliphatic carbocycles. The van der Waals surface area contributed by atoms with Crippen LogP contribution in [-0.2, 0) is 23.0 Å². The van der Waals surface area contributed by atoms with E-state index >= 15 is 0 Å². The van der Waals surface area contributed by atoms with Gasteiger partial charge in [-0.3, -0.25) is 0 Å². The van der Waals surface area contributed by atoms with E-state index in [4.69, 9.17) is 16.1 Å². The van der Waals surface area contributed by atoms with Gasteiger partial charge in [0, 0.05) is 35.7 Å². The average Bonchev–Trinajstić information content (AvgIpc) is 3.29.